The summed E-state index contributed by atoms with van der Waals surface area (Å²) in [6.07, 6.45) is 0. The van der Waals surface area contributed by atoms with Gasteiger partial charge in [0.05, 0.1) is 0 Å². The highest BCUT2D eigenvalue weighted by Gasteiger charge is 2.29. The first-order chi connectivity index (χ1) is 6.79. The van der Waals surface area contributed by atoms with E-state index < -0.39 is 0 Å². The number of rotatable bonds is 2. The lowest BCUT2D eigenvalue weighted by Crippen LogP contribution is -2.33. The molecule has 0 amide bonds. The summed E-state index contributed by atoms with van der Waals surface area (Å²) in [6.45, 7) is 2.21. The van der Waals surface area contributed by atoms with E-state index in [0.29, 0.717) is 12.0 Å². The lowest BCUT2D eigenvalue weighted by atomic mass is 9.94. The third kappa shape index (κ3) is 3.36. The summed E-state index contributed by atoms with van der Waals surface area (Å²) in [4.78, 5) is 2.32. The Kier molecular flexibility index (Phi) is 7.00. The minimum Gasteiger partial charge on any atom is -0.314 e. The SMILES string of the molecule is CN(C)[C@H]1CNC[C@@H]1c1ccccc1.Cl.Cl. The Bertz CT molecular complexity index is 290. The van der Waals surface area contributed by atoms with Crippen molar-refractivity contribution in [1.29, 1.82) is 0 Å². The molecule has 92 valence electrons. The van der Waals surface area contributed by atoms with Crippen LogP contribution in [0.25, 0.3) is 0 Å². The van der Waals surface area contributed by atoms with Crippen LogP contribution in [0.2, 0.25) is 0 Å². The Morgan fingerprint density at radius 3 is 2.25 bits per heavy atom. The van der Waals surface area contributed by atoms with Gasteiger partial charge in [-0.15, -0.1) is 24.8 Å². The number of nitrogens with one attached hydrogen (secondary N) is 1. The molecule has 0 spiro atoms. The van der Waals surface area contributed by atoms with Crippen molar-refractivity contribution in [3.8, 4) is 0 Å². The number of benzene rings is 1. The Balaban J connectivity index is 0.00000112. The molecule has 1 saturated heterocycles. The normalized spacial score (nSPS) is 23.7. The van der Waals surface area contributed by atoms with Crippen molar-refractivity contribution in [2.24, 2.45) is 0 Å². The van der Waals surface area contributed by atoms with Crippen LogP contribution in [-0.2, 0) is 0 Å². The Morgan fingerprint density at radius 1 is 1.06 bits per heavy atom. The first kappa shape index (κ1) is 15.7. The molecule has 2 nitrogen and oxygen atoms in total. The number of hydrogen-bond donors (Lipinski definition) is 1. The van der Waals surface area contributed by atoms with Crippen molar-refractivity contribution in [2.75, 3.05) is 27.2 Å². The van der Waals surface area contributed by atoms with E-state index in [1.165, 1.54) is 5.56 Å². The molecule has 1 aromatic carbocycles. The molecule has 1 N–H and O–H groups in total. The summed E-state index contributed by atoms with van der Waals surface area (Å²) in [5.74, 6) is 0.645. The zero-order valence-corrected chi connectivity index (χ0v) is 11.4. The summed E-state index contributed by atoms with van der Waals surface area (Å²) < 4.78 is 0. The first-order valence-electron chi connectivity index (χ1n) is 5.21. The largest absolute Gasteiger partial charge is 0.314 e. The van der Waals surface area contributed by atoms with Gasteiger partial charge in [0.25, 0.3) is 0 Å². The maximum atomic E-state index is 3.46. The molecule has 2 atom stereocenters. The van der Waals surface area contributed by atoms with Gasteiger partial charge in [-0.3, -0.25) is 0 Å². The van der Waals surface area contributed by atoms with Crippen molar-refractivity contribution in [3.63, 3.8) is 0 Å². The molecule has 0 aromatic heterocycles. The summed E-state index contributed by atoms with van der Waals surface area (Å²) in [7, 11) is 4.32. The van der Waals surface area contributed by atoms with Crippen molar-refractivity contribution in [1.82, 2.24) is 10.2 Å². The Labute approximate surface area is 110 Å². The van der Waals surface area contributed by atoms with Gasteiger partial charge in [0.2, 0.25) is 0 Å². The molecule has 0 saturated carbocycles. The maximum absolute atomic E-state index is 3.46. The van der Waals surface area contributed by atoms with Gasteiger partial charge in [0.1, 0.15) is 0 Å². The molecule has 0 radical (unpaired) electrons. The second-order valence-corrected chi connectivity index (χ2v) is 4.21. The third-order valence-electron chi connectivity index (χ3n) is 3.07. The minimum absolute atomic E-state index is 0. The highest BCUT2D eigenvalue weighted by Crippen LogP contribution is 2.24. The predicted molar refractivity (Wildman–Crippen MR) is 74.0 cm³/mol. The van der Waals surface area contributed by atoms with Gasteiger partial charge >= 0.3 is 0 Å². The van der Waals surface area contributed by atoms with E-state index in [-0.39, 0.29) is 24.8 Å². The van der Waals surface area contributed by atoms with Crippen LogP contribution in [0.15, 0.2) is 30.3 Å². The molecule has 1 aliphatic heterocycles. The van der Waals surface area contributed by atoms with Crippen molar-refractivity contribution in [2.45, 2.75) is 12.0 Å². The smallest absolute Gasteiger partial charge is 0.0295 e. The lowest BCUT2D eigenvalue weighted by Gasteiger charge is -2.25. The first-order valence-corrected chi connectivity index (χ1v) is 5.21. The molecule has 0 aliphatic carbocycles. The number of likely N-dealkylation sites (N-methyl/N-ethyl adjacent to an activating group) is 1. The fourth-order valence-electron chi connectivity index (χ4n) is 2.25. The van der Waals surface area contributed by atoms with E-state index >= 15 is 0 Å². The van der Waals surface area contributed by atoms with E-state index in [1.54, 1.807) is 0 Å². The summed E-state index contributed by atoms with van der Waals surface area (Å²) in [5, 5.41) is 3.46. The highest BCUT2D eigenvalue weighted by molar-refractivity contribution is 5.85. The van der Waals surface area contributed by atoms with E-state index in [0.717, 1.165) is 13.1 Å². The summed E-state index contributed by atoms with van der Waals surface area (Å²) in [5.41, 5.74) is 1.45. The molecule has 0 bridgehead atoms. The van der Waals surface area contributed by atoms with E-state index in [2.05, 4.69) is 54.6 Å². The van der Waals surface area contributed by atoms with Gasteiger partial charge in [-0.2, -0.15) is 0 Å². The minimum atomic E-state index is 0. The fraction of sp³-hybridized carbons (Fsp3) is 0.500. The standard InChI is InChI=1S/C12H18N2.2ClH/c1-14(2)12-9-13-8-11(12)10-6-4-3-5-7-10;;/h3-7,11-13H,8-9H2,1-2H3;2*1H/t11-,12+;;/m1../s1. The maximum Gasteiger partial charge on any atom is 0.0295 e. The molecule has 0 unspecified atom stereocenters. The molecule has 16 heavy (non-hydrogen) atoms. The second kappa shape index (κ2) is 7.13. The zero-order chi connectivity index (χ0) is 9.97. The number of hydrogen-bond acceptors (Lipinski definition) is 2. The van der Waals surface area contributed by atoms with Crippen LogP contribution in [0.1, 0.15) is 11.5 Å². The average Bonchev–Trinajstić information content (AvgIpc) is 2.67. The van der Waals surface area contributed by atoms with Gasteiger partial charge in [0, 0.05) is 25.0 Å². The van der Waals surface area contributed by atoms with Crippen LogP contribution in [0, 0.1) is 0 Å². The third-order valence-corrected chi connectivity index (χ3v) is 3.07. The van der Waals surface area contributed by atoms with Crippen molar-refractivity contribution < 1.29 is 0 Å². The molecule has 4 heteroatoms. The van der Waals surface area contributed by atoms with Crippen LogP contribution >= 0.6 is 24.8 Å². The van der Waals surface area contributed by atoms with Crippen molar-refractivity contribution >= 4 is 24.8 Å². The van der Waals surface area contributed by atoms with Crippen LogP contribution in [0.4, 0.5) is 0 Å². The van der Waals surface area contributed by atoms with E-state index in [1.807, 2.05) is 0 Å². The lowest BCUT2D eigenvalue weighted by molar-refractivity contribution is 0.291. The van der Waals surface area contributed by atoms with Gasteiger partial charge < -0.3 is 10.2 Å². The van der Waals surface area contributed by atoms with Crippen LogP contribution in [0.5, 0.6) is 0 Å². The molecule has 1 aliphatic rings. The predicted octanol–water partition coefficient (Wildman–Crippen LogP) is 2.15. The molecular formula is C12H20Cl2N2. The van der Waals surface area contributed by atoms with Crippen molar-refractivity contribution in [3.05, 3.63) is 35.9 Å². The van der Waals surface area contributed by atoms with E-state index in [4.69, 9.17) is 0 Å². The monoisotopic (exact) mass is 262 g/mol. The molecule has 1 fully saturated rings. The molecule has 1 aromatic rings. The highest BCUT2D eigenvalue weighted by atomic mass is 35.5. The molecule has 1 heterocycles. The van der Waals surface area contributed by atoms with Gasteiger partial charge in [0.15, 0.2) is 0 Å². The summed E-state index contributed by atoms with van der Waals surface area (Å²) in [6, 6.07) is 11.4. The van der Waals surface area contributed by atoms with E-state index in [9.17, 15) is 0 Å². The van der Waals surface area contributed by atoms with Crippen LogP contribution in [0.3, 0.4) is 0 Å². The molecular weight excluding hydrogens is 243 g/mol. The van der Waals surface area contributed by atoms with Gasteiger partial charge in [-0.1, -0.05) is 30.3 Å². The number of halogens is 2. The Hall–Kier alpha value is -0.280. The fourth-order valence-corrected chi connectivity index (χ4v) is 2.25. The number of nitrogens with zero attached hydrogens (tertiary/aromatic N) is 1. The van der Waals surface area contributed by atoms with Gasteiger partial charge in [-0.25, -0.2) is 0 Å². The topological polar surface area (TPSA) is 15.3 Å². The molecule has 2 rings (SSSR count). The van der Waals surface area contributed by atoms with Crippen LogP contribution in [-0.4, -0.2) is 38.1 Å². The van der Waals surface area contributed by atoms with Crippen LogP contribution < -0.4 is 5.32 Å². The Morgan fingerprint density at radius 2 is 1.69 bits per heavy atom. The summed E-state index contributed by atoms with van der Waals surface area (Å²) >= 11 is 0. The van der Waals surface area contributed by atoms with Gasteiger partial charge in [-0.05, 0) is 19.7 Å². The quantitative estimate of drug-likeness (QED) is 0.879. The zero-order valence-electron chi connectivity index (χ0n) is 9.72. The average molecular weight is 263 g/mol. The second-order valence-electron chi connectivity index (χ2n) is 4.21.